The summed E-state index contributed by atoms with van der Waals surface area (Å²) in [7, 11) is 1.91. The van der Waals surface area contributed by atoms with Crippen LogP contribution in [0.3, 0.4) is 0 Å². The van der Waals surface area contributed by atoms with Gasteiger partial charge in [-0.2, -0.15) is 0 Å². The van der Waals surface area contributed by atoms with Crippen LogP contribution in [-0.4, -0.2) is 29.3 Å². The van der Waals surface area contributed by atoms with Crippen LogP contribution in [0.25, 0.3) is 17.1 Å². The van der Waals surface area contributed by atoms with E-state index >= 15 is 0 Å². The first-order chi connectivity index (χ1) is 14.1. The quantitative estimate of drug-likeness (QED) is 0.401. The van der Waals surface area contributed by atoms with Crippen LogP contribution >= 0.6 is 23.4 Å². The SMILES string of the molecule is CC(C)c1ccccc1-n1c(SCc2ncc(Cl)n2C)nnc1-c1cccnc1. The molecule has 0 aliphatic rings. The number of rotatable bonds is 6. The first kappa shape index (κ1) is 19.7. The van der Waals surface area contributed by atoms with E-state index in [4.69, 9.17) is 11.6 Å². The van der Waals surface area contributed by atoms with Gasteiger partial charge in [0, 0.05) is 25.0 Å². The van der Waals surface area contributed by atoms with E-state index in [9.17, 15) is 0 Å². The van der Waals surface area contributed by atoms with Crippen molar-refractivity contribution >= 4 is 23.4 Å². The molecule has 0 bridgehead atoms. The molecule has 4 rings (SSSR count). The van der Waals surface area contributed by atoms with Gasteiger partial charge in [0.15, 0.2) is 11.0 Å². The van der Waals surface area contributed by atoms with Gasteiger partial charge in [0.2, 0.25) is 0 Å². The van der Waals surface area contributed by atoms with E-state index in [1.807, 2.05) is 36.0 Å². The summed E-state index contributed by atoms with van der Waals surface area (Å²) in [6, 6.07) is 12.3. The molecule has 0 amide bonds. The van der Waals surface area contributed by atoms with E-state index in [-0.39, 0.29) is 0 Å². The number of para-hydroxylation sites is 1. The Bertz CT molecular complexity index is 1120. The summed E-state index contributed by atoms with van der Waals surface area (Å²) < 4.78 is 3.99. The summed E-state index contributed by atoms with van der Waals surface area (Å²) in [5, 5.41) is 10.4. The maximum Gasteiger partial charge on any atom is 0.196 e. The number of aromatic nitrogens is 6. The van der Waals surface area contributed by atoms with E-state index in [1.54, 1.807) is 24.2 Å². The third-order valence-corrected chi connectivity index (χ3v) is 5.99. The Morgan fingerprint density at radius 2 is 1.90 bits per heavy atom. The third-order valence-electron chi connectivity index (χ3n) is 4.71. The van der Waals surface area contributed by atoms with Gasteiger partial charge in [-0.25, -0.2) is 4.98 Å². The lowest BCUT2D eigenvalue weighted by Crippen LogP contribution is -2.05. The molecule has 0 radical (unpaired) electrons. The second kappa shape index (κ2) is 8.39. The Labute approximate surface area is 179 Å². The molecule has 0 N–H and O–H groups in total. The standard InChI is InChI=1S/C21H21ClN6S/c1-14(2)16-8-4-5-9-17(16)28-20(15-7-6-10-23-11-15)25-26-21(28)29-13-19-24-12-18(22)27(19)3/h4-12,14H,13H2,1-3H3. The van der Waals surface area contributed by atoms with E-state index in [0.29, 0.717) is 16.8 Å². The van der Waals surface area contributed by atoms with Gasteiger partial charge < -0.3 is 4.57 Å². The molecule has 0 aliphatic carbocycles. The Hall–Kier alpha value is -2.64. The maximum atomic E-state index is 6.13. The average Bonchev–Trinajstić information content (AvgIpc) is 3.30. The third kappa shape index (κ3) is 3.93. The fraction of sp³-hybridized carbons (Fsp3) is 0.238. The first-order valence-electron chi connectivity index (χ1n) is 9.30. The molecule has 0 unspecified atom stereocenters. The zero-order valence-corrected chi connectivity index (χ0v) is 18.0. The Morgan fingerprint density at radius 1 is 1.07 bits per heavy atom. The van der Waals surface area contributed by atoms with Crippen molar-refractivity contribution in [1.29, 1.82) is 0 Å². The number of halogens is 1. The highest BCUT2D eigenvalue weighted by Crippen LogP contribution is 2.33. The van der Waals surface area contributed by atoms with Gasteiger partial charge in [0.25, 0.3) is 0 Å². The van der Waals surface area contributed by atoms with Crippen LogP contribution in [0.5, 0.6) is 0 Å². The van der Waals surface area contributed by atoms with Gasteiger partial charge in [-0.1, -0.05) is 55.4 Å². The van der Waals surface area contributed by atoms with Crippen molar-refractivity contribution in [3.63, 3.8) is 0 Å². The van der Waals surface area contributed by atoms with Crippen LogP contribution < -0.4 is 0 Å². The van der Waals surface area contributed by atoms with Crippen molar-refractivity contribution in [3.05, 3.63) is 71.5 Å². The predicted molar refractivity (Wildman–Crippen MR) is 116 cm³/mol. The van der Waals surface area contributed by atoms with Crippen LogP contribution in [0.4, 0.5) is 0 Å². The lowest BCUT2D eigenvalue weighted by molar-refractivity contribution is 0.815. The molecule has 29 heavy (non-hydrogen) atoms. The van der Waals surface area contributed by atoms with E-state index in [1.165, 1.54) is 5.56 Å². The van der Waals surface area contributed by atoms with Crippen molar-refractivity contribution in [2.75, 3.05) is 0 Å². The van der Waals surface area contributed by atoms with Crippen LogP contribution in [0.2, 0.25) is 5.15 Å². The zero-order valence-electron chi connectivity index (χ0n) is 16.5. The van der Waals surface area contributed by atoms with Gasteiger partial charge >= 0.3 is 0 Å². The van der Waals surface area contributed by atoms with Crippen molar-refractivity contribution in [1.82, 2.24) is 29.3 Å². The highest BCUT2D eigenvalue weighted by Gasteiger charge is 2.20. The zero-order chi connectivity index (χ0) is 20.4. The topological polar surface area (TPSA) is 61.4 Å². The molecule has 0 saturated carbocycles. The molecule has 1 aromatic carbocycles. The summed E-state index contributed by atoms with van der Waals surface area (Å²) in [5.74, 6) is 2.65. The smallest absolute Gasteiger partial charge is 0.196 e. The van der Waals surface area contributed by atoms with Gasteiger partial charge in [-0.3, -0.25) is 9.55 Å². The minimum absolute atomic E-state index is 0.363. The Morgan fingerprint density at radius 3 is 2.59 bits per heavy atom. The molecule has 0 atom stereocenters. The maximum absolute atomic E-state index is 6.13. The van der Waals surface area contributed by atoms with E-state index in [2.05, 4.69) is 56.8 Å². The number of benzene rings is 1. The molecule has 4 aromatic rings. The van der Waals surface area contributed by atoms with Crippen LogP contribution in [0, 0.1) is 0 Å². The van der Waals surface area contributed by atoms with E-state index in [0.717, 1.165) is 28.1 Å². The molecule has 0 aliphatic heterocycles. The normalized spacial score (nSPS) is 11.3. The number of pyridine rings is 1. The van der Waals surface area contributed by atoms with E-state index < -0.39 is 0 Å². The highest BCUT2D eigenvalue weighted by molar-refractivity contribution is 7.98. The fourth-order valence-corrected chi connectivity index (χ4v) is 4.21. The molecule has 8 heteroatoms. The monoisotopic (exact) mass is 424 g/mol. The Balaban J connectivity index is 1.80. The molecule has 3 heterocycles. The molecule has 0 fully saturated rings. The van der Waals surface area contributed by atoms with Crippen molar-refractivity contribution in [2.45, 2.75) is 30.7 Å². The number of nitrogens with zero attached hydrogens (tertiary/aromatic N) is 6. The number of imidazole rings is 1. The lowest BCUT2D eigenvalue weighted by atomic mass is 10.0. The molecule has 148 valence electrons. The molecular weight excluding hydrogens is 404 g/mol. The second-order valence-electron chi connectivity index (χ2n) is 6.94. The van der Waals surface area contributed by atoms with Crippen LogP contribution in [0.15, 0.2) is 60.1 Å². The second-order valence-corrected chi connectivity index (χ2v) is 8.27. The van der Waals surface area contributed by atoms with Crippen molar-refractivity contribution in [3.8, 4) is 17.1 Å². The van der Waals surface area contributed by atoms with Gasteiger partial charge in [-0.05, 0) is 29.7 Å². The summed E-state index contributed by atoms with van der Waals surface area (Å²) in [6.45, 7) is 4.38. The van der Waals surface area contributed by atoms with Crippen molar-refractivity contribution < 1.29 is 0 Å². The molecule has 3 aromatic heterocycles. The summed E-state index contributed by atoms with van der Waals surface area (Å²) in [4.78, 5) is 8.64. The lowest BCUT2D eigenvalue weighted by Gasteiger charge is -2.16. The molecule has 0 spiro atoms. The number of thioether (sulfide) groups is 1. The average molecular weight is 425 g/mol. The summed E-state index contributed by atoms with van der Waals surface area (Å²) >= 11 is 7.71. The number of hydrogen-bond acceptors (Lipinski definition) is 5. The predicted octanol–water partition coefficient (Wildman–Crippen LogP) is 5.13. The molecular formula is C21H21ClN6S. The molecule has 6 nitrogen and oxygen atoms in total. The first-order valence-corrected chi connectivity index (χ1v) is 10.7. The van der Waals surface area contributed by atoms with Gasteiger partial charge in [0.05, 0.1) is 17.6 Å². The van der Waals surface area contributed by atoms with Crippen LogP contribution in [0.1, 0.15) is 31.2 Å². The summed E-state index contributed by atoms with van der Waals surface area (Å²) in [5.41, 5.74) is 3.23. The molecule has 0 saturated heterocycles. The van der Waals surface area contributed by atoms with Crippen molar-refractivity contribution in [2.24, 2.45) is 7.05 Å². The van der Waals surface area contributed by atoms with Gasteiger partial charge in [0.1, 0.15) is 11.0 Å². The largest absolute Gasteiger partial charge is 0.322 e. The minimum Gasteiger partial charge on any atom is -0.322 e. The summed E-state index contributed by atoms with van der Waals surface area (Å²) in [6.07, 6.45) is 5.23. The van der Waals surface area contributed by atoms with Gasteiger partial charge in [-0.15, -0.1) is 10.2 Å². The minimum atomic E-state index is 0.363. The Kier molecular flexibility index (Phi) is 5.69. The van der Waals surface area contributed by atoms with Crippen LogP contribution in [-0.2, 0) is 12.8 Å². The number of hydrogen-bond donors (Lipinski definition) is 0. The highest BCUT2D eigenvalue weighted by atomic mass is 35.5. The fourth-order valence-electron chi connectivity index (χ4n) is 3.13.